The van der Waals surface area contributed by atoms with E-state index in [1.54, 1.807) is 19.2 Å². The summed E-state index contributed by atoms with van der Waals surface area (Å²) in [7, 11) is 1.58. The van der Waals surface area contributed by atoms with Gasteiger partial charge in [-0.25, -0.2) is 4.39 Å². The number of ether oxygens (including phenoxy) is 3. The number of carboxylic acid groups (broad SMARTS) is 1. The first kappa shape index (κ1) is 27.2. The predicted octanol–water partition coefficient (Wildman–Crippen LogP) is 7.93. The average Bonchev–Trinajstić information content (AvgIpc) is 3.66. The van der Waals surface area contributed by atoms with E-state index in [0.717, 1.165) is 35.1 Å². The summed E-state index contributed by atoms with van der Waals surface area (Å²) in [5, 5.41) is 9.43. The number of methoxy groups -OCH3 is 1. The van der Waals surface area contributed by atoms with Crippen molar-refractivity contribution in [3.8, 4) is 22.6 Å². The van der Waals surface area contributed by atoms with Gasteiger partial charge in [-0.15, -0.1) is 0 Å². The van der Waals surface area contributed by atoms with E-state index in [2.05, 4.69) is 19.9 Å². The van der Waals surface area contributed by atoms with Crippen LogP contribution in [0.25, 0.3) is 11.1 Å². The van der Waals surface area contributed by atoms with Gasteiger partial charge in [-0.3, -0.25) is 4.79 Å². The maximum absolute atomic E-state index is 15.0. The molecule has 206 valence electrons. The van der Waals surface area contributed by atoms with Crippen molar-refractivity contribution in [1.29, 1.82) is 0 Å². The second kappa shape index (κ2) is 11.4. The van der Waals surface area contributed by atoms with Crippen LogP contribution in [-0.2, 0) is 16.1 Å². The molecule has 5 nitrogen and oxygen atoms in total. The molecule has 1 heterocycles. The Morgan fingerprint density at radius 3 is 2.59 bits per heavy atom. The minimum atomic E-state index is -0.774. The van der Waals surface area contributed by atoms with Crippen molar-refractivity contribution in [2.45, 2.75) is 64.6 Å². The number of carbonyl (C=O) groups is 1. The van der Waals surface area contributed by atoms with Gasteiger partial charge in [0.15, 0.2) is 0 Å². The molecule has 2 atom stereocenters. The first-order chi connectivity index (χ1) is 18.7. The van der Waals surface area contributed by atoms with Crippen molar-refractivity contribution in [1.82, 2.24) is 0 Å². The smallest absolute Gasteiger partial charge is 0.303 e. The topological polar surface area (TPSA) is 65.0 Å². The van der Waals surface area contributed by atoms with Gasteiger partial charge in [0.25, 0.3) is 0 Å². The molecule has 2 fully saturated rings. The van der Waals surface area contributed by atoms with Gasteiger partial charge >= 0.3 is 5.97 Å². The molecule has 3 aromatic carbocycles. The molecule has 1 N–H and O–H groups in total. The van der Waals surface area contributed by atoms with Crippen LogP contribution in [0.15, 0.2) is 60.7 Å². The van der Waals surface area contributed by atoms with E-state index < -0.39 is 5.97 Å². The number of halogens is 1. The van der Waals surface area contributed by atoms with Gasteiger partial charge in [-0.05, 0) is 88.7 Å². The van der Waals surface area contributed by atoms with E-state index in [-0.39, 0.29) is 29.7 Å². The Bertz CT molecular complexity index is 1330. The quantitative estimate of drug-likeness (QED) is 0.272. The number of hydrogen-bond donors (Lipinski definition) is 1. The summed E-state index contributed by atoms with van der Waals surface area (Å²) in [5.41, 5.74) is 4.06. The lowest BCUT2D eigenvalue weighted by atomic mass is 9.79. The van der Waals surface area contributed by atoms with Gasteiger partial charge in [-0.1, -0.05) is 51.0 Å². The molecule has 1 aliphatic carbocycles. The Labute approximate surface area is 229 Å². The summed E-state index contributed by atoms with van der Waals surface area (Å²) < 4.78 is 32.8. The summed E-state index contributed by atoms with van der Waals surface area (Å²) in [5.74, 6) is 0.843. The summed E-state index contributed by atoms with van der Waals surface area (Å²) in [6.07, 6.45) is 4.14. The Morgan fingerprint density at radius 2 is 1.90 bits per heavy atom. The highest BCUT2D eigenvalue weighted by molar-refractivity contribution is 5.71. The normalized spacial score (nSPS) is 19.0. The maximum atomic E-state index is 15.0. The Balaban J connectivity index is 1.41. The van der Waals surface area contributed by atoms with Crippen LogP contribution in [0, 0.1) is 17.2 Å². The van der Waals surface area contributed by atoms with Crippen molar-refractivity contribution in [3.63, 3.8) is 0 Å². The first-order valence-electron chi connectivity index (χ1n) is 13.8. The molecule has 0 spiro atoms. The third-order valence-corrected chi connectivity index (χ3v) is 8.07. The zero-order chi connectivity index (χ0) is 27.6. The molecule has 0 bridgehead atoms. The van der Waals surface area contributed by atoms with E-state index in [1.807, 2.05) is 36.4 Å². The van der Waals surface area contributed by atoms with E-state index in [1.165, 1.54) is 18.9 Å². The molecular weight excluding hydrogens is 495 g/mol. The SMILES string of the molecule is COc1ccc(F)c(-c2ccc(COc3cccc([C@@H](CC(=O)O)CC4CC4)c3)cc2[C@H]2OCCC2(C)C)c1. The van der Waals surface area contributed by atoms with Crippen LogP contribution >= 0.6 is 0 Å². The second-order valence-electron chi connectivity index (χ2n) is 11.6. The highest BCUT2D eigenvalue weighted by Gasteiger charge is 2.38. The molecule has 0 unspecified atom stereocenters. The summed E-state index contributed by atoms with van der Waals surface area (Å²) in [6, 6.07) is 18.6. The van der Waals surface area contributed by atoms with Gasteiger partial charge in [0.05, 0.1) is 19.6 Å². The van der Waals surface area contributed by atoms with Gasteiger partial charge in [0.2, 0.25) is 0 Å². The lowest BCUT2D eigenvalue weighted by Gasteiger charge is -2.28. The van der Waals surface area contributed by atoms with Crippen LogP contribution in [-0.4, -0.2) is 24.8 Å². The van der Waals surface area contributed by atoms with Crippen LogP contribution in [0.3, 0.4) is 0 Å². The molecule has 1 saturated heterocycles. The first-order valence-corrected chi connectivity index (χ1v) is 13.8. The fourth-order valence-electron chi connectivity index (χ4n) is 5.64. The number of aliphatic carboxylic acids is 1. The van der Waals surface area contributed by atoms with Gasteiger partial charge in [0.1, 0.15) is 23.9 Å². The standard InChI is InChI=1S/C33H37FO5/c1-33(2)13-14-38-32(33)29-16-22(9-11-27(29)28-19-25(37-3)10-12-30(28)34)20-39-26-6-4-5-23(17-26)24(18-31(35)36)15-21-7-8-21/h4-6,9-12,16-17,19,21,24,32H,7-8,13-15,18,20H2,1-3H3,(H,35,36)/t24-,32-/m1/s1. The number of rotatable bonds is 11. The molecule has 1 saturated carbocycles. The molecule has 3 aromatic rings. The Hall–Kier alpha value is -3.38. The minimum absolute atomic E-state index is 0.0102. The summed E-state index contributed by atoms with van der Waals surface area (Å²) in [6.45, 7) is 5.35. The van der Waals surface area contributed by atoms with Crippen molar-refractivity contribution in [3.05, 3.63) is 83.2 Å². The van der Waals surface area contributed by atoms with Gasteiger partial charge in [0, 0.05) is 12.2 Å². The molecule has 39 heavy (non-hydrogen) atoms. The van der Waals surface area contributed by atoms with E-state index in [9.17, 15) is 9.90 Å². The van der Waals surface area contributed by atoms with Gasteiger partial charge in [-0.2, -0.15) is 0 Å². The van der Waals surface area contributed by atoms with Crippen LogP contribution in [0.5, 0.6) is 11.5 Å². The highest BCUT2D eigenvalue weighted by Crippen LogP contribution is 2.48. The third-order valence-electron chi connectivity index (χ3n) is 8.07. The molecule has 6 heteroatoms. The Kier molecular flexibility index (Phi) is 7.94. The molecule has 5 rings (SSSR count). The number of hydrogen-bond acceptors (Lipinski definition) is 4. The van der Waals surface area contributed by atoms with Gasteiger partial charge < -0.3 is 19.3 Å². The highest BCUT2D eigenvalue weighted by atomic mass is 19.1. The van der Waals surface area contributed by atoms with Crippen LogP contribution in [0.1, 0.15) is 74.7 Å². The van der Waals surface area contributed by atoms with Crippen LogP contribution in [0.2, 0.25) is 0 Å². The second-order valence-corrected chi connectivity index (χ2v) is 11.6. The largest absolute Gasteiger partial charge is 0.497 e. The van der Waals surface area contributed by atoms with Crippen molar-refractivity contribution in [2.75, 3.05) is 13.7 Å². The zero-order valence-corrected chi connectivity index (χ0v) is 22.9. The summed E-state index contributed by atoms with van der Waals surface area (Å²) in [4.78, 5) is 11.5. The third kappa shape index (κ3) is 6.44. The number of carboxylic acids is 1. The fourth-order valence-corrected chi connectivity index (χ4v) is 5.64. The van der Waals surface area contributed by atoms with Crippen LogP contribution in [0.4, 0.5) is 4.39 Å². The molecule has 0 aromatic heterocycles. The van der Waals surface area contributed by atoms with E-state index in [4.69, 9.17) is 14.2 Å². The lowest BCUT2D eigenvalue weighted by molar-refractivity contribution is -0.137. The van der Waals surface area contributed by atoms with E-state index in [0.29, 0.717) is 36.2 Å². The predicted molar refractivity (Wildman–Crippen MR) is 149 cm³/mol. The molecule has 2 aliphatic rings. The molecule has 0 radical (unpaired) electrons. The van der Waals surface area contributed by atoms with Crippen molar-refractivity contribution in [2.24, 2.45) is 11.3 Å². The zero-order valence-electron chi connectivity index (χ0n) is 22.9. The maximum Gasteiger partial charge on any atom is 0.303 e. The van der Waals surface area contributed by atoms with Crippen molar-refractivity contribution < 1.29 is 28.5 Å². The molecular formula is C33H37FO5. The molecule has 0 amide bonds. The monoisotopic (exact) mass is 532 g/mol. The van der Waals surface area contributed by atoms with Crippen LogP contribution < -0.4 is 9.47 Å². The Morgan fingerprint density at radius 1 is 1.08 bits per heavy atom. The molecule has 1 aliphatic heterocycles. The van der Waals surface area contributed by atoms with E-state index >= 15 is 4.39 Å². The minimum Gasteiger partial charge on any atom is -0.497 e. The lowest BCUT2D eigenvalue weighted by Crippen LogP contribution is -2.17. The summed E-state index contributed by atoms with van der Waals surface area (Å²) >= 11 is 0. The number of benzene rings is 3. The van der Waals surface area contributed by atoms with Crippen molar-refractivity contribution >= 4 is 5.97 Å². The average molecular weight is 533 g/mol. The fraction of sp³-hybridized carbons (Fsp3) is 0.424.